The lowest BCUT2D eigenvalue weighted by Gasteiger charge is -2.33. The van der Waals surface area contributed by atoms with Crippen molar-refractivity contribution in [3.8, 4) is 5.75 Å². The van der Waals surface area contributed by atoms with E-state index in [0.717, 1.165) is 58.7 Å². The molecule has 0 unspecified atom stereocenters. The predicted molar refractivity (Wildman–Crippen MR) is 88.9 cm³/mol. The molecule has 2 heterocycles. The third-order valence-corrected chi connectivity index (χ3v) is 4.86. The van der Waals surface area contributed by atoms with E-state index in [9.17, 15) is 4.79 Å². The fourth-order valence-corrected chi connectivity index (χ4v) is 3.55. The van der Waals surface area contributed by atoms with Gasteiger partial charge >= 0.3 is 0 Å². The molecule has 0 spiro atoms. The van der Waals surface area contributed by atoms with Crippen molar-refractivity contribution in [2.75, 3.05) is 46.5 Å². The van der Waals surface area contributed by atoms with Crippen molar-refractivity contribution in [3.63, 3.8) is 0 Å². The van der Waals surface area contributed by atoms with Gasteiger partial charge in [0.05, 0.1) is 12.7 Å². The van der Waals surface area contributed by atoms with Crippen molar-refractivity contribution < 1.29 is 14.3 Å². The van der Waals surface area contributed by atoms with Gasteiger partial charge in [0.2, 0.25) is 0 Å². The van der Waals surface area contributed by atoms with Gasteiger partial charge in [-0.3, -0.25) is 9.69 Å². The number of amides is 1. The first kappa shape index (κ1) is 16.3. The molecule has 2 fully saturated rings. The first-order valence-electron chi connectivity index (χ1n) is 8.53. The highest BCUT2D eigenvalue weighted by Gasteiger charge is 2.26. The molecule has 0 bridgehead atoms. The monoisotopic (exact) mass is 318 g/mol. The molecule has 0 atom stereocenters. The molecule has 0 aliphatic carbocycles. The van der Waals surface area contributed by atoms with E-state index in [2.05, 4.69) is 4.90 Å². The summed E-state index contributed by atoms with van der Waals surface area (Å²) in [6, 6.07) is 8.10. The topological polar surface area (TPSA) is 42.0 Å². The zero-order chi connectivity index (χ0) is 16.1. The molecule has 1 aromatic carbocycles. The van der Waals surface area contributed by atoms with Gasteiger partial charge in [0.25, 0.3) is 5.91 Å². The van der Waals surface area contributed by atoms with Gasteiger partial charge in [-0.2, -0.15) is 0 Å². The fourth-order valence-electron chi connectivity index (χ4n) is 3.55. The number of para-hydroxylation sites is 1. The van der Waals surface area contributed by atoms with Gasteiger partial charge in [-0.25, -0.2) is 0 Å². The number of benzene rings is 1. The number of carbonyl (C=O) groups is 1. The minimum absolute atomic E-state index is 0.0799. The van der Waals surface area contributed by atoms with E-state index in [1.807, 2.05) is 29.2 Å². The third kappa shape index (κ3) is 3.85. The number of rotatable bonds is 3. The summed E-state index contributed by atoms with van der Waals surface area (Å²) < 4.78 is 10.8. The summed E-state index contributed by atoms with van der Waals surface area (Å²) >= 11 is 0. The van der Waals surface area contributed by atoms with Crippen molar-refractivity contribution in [3.05, 3.63) is 29.8 Å². The highest BCUT2D eigenvalue weighted by molar-refractivity contribution is 5.97. The first-order valence-corrected chi connectivity index (χ1v) is 8.53. The smallest absolute Gasteiger partial charge is 0.257 e. The summed E-state index contributed by atoms with van der Waals surface area (Å²) in [7, 11) is 1.61. The van der Waals surface area contributed by atoms with E-state index in [1.54, 1.807) is 7.11 Å². The average molecular weight is 318 g/mol. The van der Waals surface area contributed by atoms with Crippen molar-refractivity contribution in [1.29, 1.82) is 0 Å². The van der Waals surface area contributed by atoms with E-state index in [1.165, 1.54) is 0 Å². The van der Waals surface area contributed by atoms with Crippen LogP contribution in [0.15, 0.2) is 24.3 Å². The van der Waals surface area contributed by atoms with Gasteiger partial charge in [0.15, 0.2) is 0 Å². The van der Waals surface area contributed by atoms with E-state index < -0.39 is 0 Å². The lowest BCUT2D eigenvalue weighted by Crippen LogP contribution is -2.42. The second-order valence-electron chi connectivity index (χ2n) is 6.23. The van der Waals surface area contributed by atoms with E-state index in [0.29, 0.717) is 17.4 Å². The first-order chi connectivity index (χ1) is 11.3. The number of carbonyl (C=O) groups excluding carboxylic acids is 1. The molecule has 23 heavy (non-hydrogen) atoms. The van der Waals surface area contributed by atoms with Crippen LogP contribution in [0.4, 0.5) is 0 Å². The van der Waals surface area contributed by atoms with Crippen LogP contribution in [0, 0.1) is 0 Å². The highest BCUT2D eigenvalue weighted by atomic mass is 16.5. The fraction of sp³-hybridized carbons (Fsp3) is 0.611. The molecular formula is C18H26N2O3. The molecule has 0 aromatic heterocycles. The van der Waals surface area contributed by atoms with Crippen LogP contribution in [-0.4, -0.2) is 68.3 Å². The normalized spacial score (nSPS) is 21.0. The Kier molecular flexibility index (Phi) is 5.51. The Morgan fingerprint density at radius 1 is 1.13 bits per heavy atom. The number of hydrogen-bond donors (Lipinski definition) is 0. The second kappa shape index (κ2) is 7.79. The van der Waals surface area contributed by atoms with Crippen LogP contribution in [0.2, 0.25) is 0 Å². The molecule has 2 aliphatic heterocycles. The lowest BCUT2D eigenvalue weighted by atomic mass is 10.1. The molecule has 3 rings (SSSR count). The minimum Gasteiger partial charge on any atom is -0.496 e. The average Bonchev–Trinajstić information content (AvgIpc) is 2.88. The zero-order valence-corrected chi connectivity index (χ0v) is 13.9. The summed E-state index contributed by atoms with van der Waals surface area (Å²) in [5.74, 6) is 0.735. The number of methoxy groups -OCH3 is 1. The Hall–Kier alpha value is -1.59. The lowest BCUT2D eigenvalue weighted by molar-refractivity contribution is 0.0351. The van der Waals surface area contributed by atoms with Crippen LogP contribution in [0.3, 0.4) is 0 Å². The van der Waals surface area contributed by atoms with Crippen molar-refractivity contribution in [1.82, 2.24) is 9.80 Å². The van der Waals surface area contributed by atoms with Gasteiger partial charge in [-0.1, -0.05) is 12.1 Å². The molecule has 126 valence electrons. The summed E-state index contributed by atoms with van der Waals surface area (Å²) in [5, 5.41) is 0. The van der Waals surface area contributed by atoms with E-state index in [4.69, 9.17) is 9.47 Å². The standard InChI is InChI=1S/C18H26N2O3/c1-22-17-6-3-2-5-16(17)18(21)20-10-4-9-19(11-12-20)15-7-13-23-14-8-15/h2-3,5-6,15H,4,7-14H2,1H3. The highest BCUT2D eigenvalue weighted by Crippen LogP contribution is 2.21. The molecule has 0 N–H and O–H groups in total. The van der Waals surface area contributed by atoms with Crippen LogP contribution < -0.4 is 4.74 Å². The number of nitrogens with zero attached hydrogens (tertiary/aromatic N) is 2. The Morgan fingerprint density at radius 2 is 1.91 bits per heavy atom. The van der Waals surface area contributed by atoms with E-state index in [-0.39, 0.29) is 5.91 Å². The van der Waals surface area contributed by atoms with Crippen LogP contribution in [-0.2, 0) is 4.74 Å². The maximum Gasteiger partial charge on any atom is 0.257 e. The van der Waals surface area contributed by atoms with Crippen LogP contribution in [0.5, 0.6) is 5.75 Å². The Morgan fingerprint density at radius 3 is 2.70 bits per heavy atom. The maximum absolute atomic E-state index is 12.8. The van der Waals surface area contributed by atoms with E-state index >= 15 is 0 Å². The molecule has 2 aliphatic rings. The second-order valence-corrected chi connectivity index (χ2v) is 6.23. The van der Waals surface area contributed by atoms with Gasteiger partial charge in [-0.15, -0.1) is 0 Å². The van der Waals surface area contributed by atoms with Crippen LogP contribution in [0.25, 0.3) is 0 Å². The molecule has 2 saturated heterocycles. The minimum atomic E-state index is 0.0799. The van der Waals surface area contributed by atoms with Gasteiger partial charge in [0.1, 0.15) is 5.75 Å². The third-order valence-electron chi connectivity index (χ3n) is 4.86. The largest absolute Gasteiger partial charge is 0.496 e. The predicted octanol–water partition coefficient (Wildman–Crippen LogP) is 2.02. The summed E-state index contributed by atoms with van der Waals surface area (Å²) in [6.07, 6.45) is 3.25. The SMILES string of the molecule is COc1ccccc1C(=O)N1CCCN(C2CCOCC2)CC1. The van der Waals surface area contributed by atoms with Crippen LogP contribution in [0.1, 0.15) is 29.6 Å². The summed E-state index contributed by atoms with van der Waals surface area (Å²) in [6.45, 7) is 5.35. The molecule has 1 amide bonds. The molecule has 5 nitrogen and oxygen atoms in total. The van der Waals surface area contributed by atoms with Crippen molar-refractivity contribution >= 4 is 5.91 Å². The van der Waals surface area contributed by atoms with Gasteiger partial charge < -0.3 is 14.4 Å². The zero-order valence-electron chi connectivity index (χ0n) is 13.9. The molecule has 0 radical (unpaired) electrons. The van der Waals surface area contributed by atoms with Gasteiger partial charge in [0, 0.05) is 45.4 Å². The van der Waals surface area contributed by atoms with Crippen molar-refractivity contribution in [2.24, 2.45) is 0 Å². The maximum atomic E-state index is 12.8. The number of hydrogen-bond acceptors (Lipinski definition) is 4. The molecule has 0 saturated carbocycles. The quantitative estimate of drug-likeness (QED) is 0.855. The Balaban J connectivity index is 1.64. The Labute approximate surface area is 138 Å². The number of ether oxygens (including phenoxy) is 2. The summed E-state index contributed by atoms with van der Waals surface area (Å²) in [5.41, 5.74) is 0.662. The molecular weight excluding hydrogens is 292 g/mol. The van der Waals surface area contributed by atoms with Crippen LogP contribution >= 0.6 is 0 Å². The molecule has 5 heteroatoms. The summed E-state index contributed by atoms with van der Waals surface area (Å²) in [4.78, 5) is 17.3. The van der Waals surface area contributed by atoms with Gasteiger partial charge in [-0.05, 0) is 31.4 Å². The Bertz CT molecular complexity index is 529. The molecule has 1 aromatic rings. The van der Waals surface area contributed by atoms with Crippen molar-refractivity contribution in [2.45, 2.75) is 25.3 Å².